The van der Waals surface area contributed by atoms with Gasteiger partial charge in [0, 0.05) is 25.4 Å². The third-order valence-electron chi connectivity index (χ3n) is 3.34. The first-order valence-corrected chi connectivity index (χ1v) is 6.37. The molecule has 0 saturated carbocycles. The Morgan fingerprint density at radius 3 is 2.80 bits per heavy atom. The number of halogens is 3. The van der Waals surface area contributed by atoms with E-state index in [4.69, 9.17) is 5.11 Å². The molecule has 2 N–H and O–H groups in total. The highest BCUT2D eigenvalue weighted by Crippen LogP contribution is 2.30. The lowest BCUT2D eigenvalue weighted by Crippen LogP contribution is -2.45. The minimum absolute atomic E-state index is 0.00910. The number of hydrogen-bond donors (Lipinski definition) is 2. The minimum atomic E-state index is -4.51. The molecule has 20 heavy (non-hydrogen) atoms. The second-order valence-electron chi connectivity index (χ2n) is 4.78. The largest absolute Gasteiger partial charge is 0.433 e. The topological polar surface area (TPSA) is 69.5 Å². The fourth-order valence-electron chi connectivity index (χ4n) is 2.36. The van der Waals surface area contributed by atoms with Crippen molar-refractivity contribution >= 4 is 5.95 Å². The predicted molar refractivity (Wildman–Crippen MR) is 65.1 cm³/mol. The molecule has 0 radical (unpaired) electrons. The smallest absolute Gasteiger partial charge is 0.396 e. The van der Waals surface area contributed by atoms with Gasteiger partial charge in [-0.25, -0.2) is 9.97 Å². The monoisotopic (exact) mass is 291 g/mol. The third-order valence-corrected chi connectivity index (χ3v) is 3.34. The van der Waals surface area contributed by atoms with Crippen molar-refractivity contribution in [3.8, 4) is 0 Å². The predicted octanol–water partition coefficient (Wildman–Crippen LogP) is 1.21. The van der Waals surface area contributed by atoms with Gasteiger partial charge >= 0.3 is 6.18 Å². The highest BCUT2D eigenvalue weighted by Gasteiger charge is 2.35. The zero-order valence-corrected chi connectivity index (χ0v) is 10.7. The Morgan fingerprint density at radius 2 is 2.15 bits per heavy atom. The van der Waals surface area contributed by atoms with E-state index >= 15 is 0 Å². The van der Waals surface area contributed by atoms with Gasteiger partial charge in [-0.2, -0.15) is 13.2 Å². The molecule has 2 atom stereocenters. The van der Waals surface area contributed by atoms with Gasteiger partial charge in [0.25, 0.3) is 0 Å². The van der Waals surface area contributed by atoms with Gasteiger partial charge in [0.1, 0.15) is 5.69 Å². The summed E-state index contributed by atoms with van der Waals surface area (Å²) in [5, 5.41) is 18.6. The molecule has 112 valence electrons. The van der Waals surface area contributed by atoms with Crippen LogP contribution in [0.1, 0.15) is 25.0 Å². The molecule has 5 nitrogen and oxygen atoms in total. The van der Waals surface area contributed by atoms with E-state index in [1.807, 2.05) is 0 Å². The number of aromatic nitrogens is 2. The van der Waals surface area contributed by atoms with Crippen molar-refractivity contribution in [2.45, 2.75) is 37.6 Å². The summed E-state index contributed by atoms with van der Waals surface area (Å²) < 4.78 is 38.0. The normalized spacial score (nSPS) is 23.9. The van der Waals surface area contributed by atoms with Gasteiger partial charge in [0.15, 0.2) is 0 Å². The summed E-state index contributed by atoms with van der Waals surface area (Å²) in [5.41, 5.74) is -0.989. The lowest BCUT2D eigenvalue weighted by atomic mass is 9.97. The Morgan fingerprint density at radius 1 is 1.40 bits per heavy atom. The number of aliphatic hydroxyl groups is 2. The van der Waals surface area contributed by atoms with Crippen molar-refractivity contribution in [2.75, 3.05) is 18.1 Å². The van der Waals surface area contributed by atoms with Crippen LogP contribution in [0.15, 0.2) is 12.3 Å². The van der Waals surface area contributed by atoms with Crippen LogP contribution in [-0.4, -0.2) is 45.5 Å². The second-order valence-corrected chi connectivity index (χ2v) is 4.78. The first kappa shape index (κ1) is 15.0. The quantitative estimate of drug-likeness (QED) is 0.876. The van der Waals surface area contributed by atoms with Crippen LogP contribution in [0.25, 0.3) is 0 Å². The number of nitrogens with zero attached hydrogens (tertiary/aromatic N) is 3. The maximum atomic E-state index is 12.7. The average Bonchev–Trinajstić information content (AvgIpc) is 2.38. The molecule has 8 heteroatoms. The van der Waals surface area contributed by atoms with Crippen molar-refractivity contribution in [1.82, 2.24) is 9.97 Å². The number of anilines is 1. The van der Waals surface area contributed by atoms with E-state index in [9.17, 15) is 18.3 Å². The number of hydrogen-bond acceptors (Lipinski definition) is 5. The summed E-state index contributed by atoms with van der Waals surface area (Å²) in [6, 6.07) is 0.566. The molecule has 2 unspecified atom stereocenters. The third kappa shape index (κ3) is 3.37. The number of piperidine rings is 1. The molecule has 2 rings (SSSR count). The molecule has 0 bridgehead atoms. The van der Waals surface area contributed by atoms with Gasteiger partial charge in [0.05, 0.1) is 6.10 Å². The van der Waals surface area contributed by atoms with Crippen LogP contribution >= 0.6 is 0 Å². The van der Waals surface area contributed by atoms with E-state index in [1.54, 1.807) is 4.90 Å². The van der Waals surface area contributed by atoms with Crippen molar-refractivity contribution in [3.63, 3.8) is 0 Å². The van der Waals surface area contributed by atoms with Gasteiger partial charge in [-0.1, -0.05) is 0 Å². The van der Waals surface area contributed by atoms with Crippen LogP contribution in [0.2, 0.25) is 0 Å². The zero-order valence-electron chi connectivity index (χ0n) is 10.7. The summed E-state index contributed by atoms with van der Waals surface area (Å²) in [6.45, 7) is 0.264. The fraction of sp³-hybridized carbons (Fsp3) is 0.667. The molecule has 2 heterocycles. The van der Waals surface area contributed by atoms with E-state index in [-0.39, 0.29) is 18.6 Å². The van der Waals surface area contributed by atoms with E-state index in [2.05, 4.69) is 9.97 Å². The van der Waals surface area contributed by atoms with Crippen LogP contribution in [-0.2, 0) is 6.18 Å². The van der Waals surface area contributed by atoms with Crippen LogP contribution < -0.4 is 4.90 Å². The van der Waals surface area contributed by atoms with Crippen molar-refractivity contribution < 1.29 is 23.4 Å². The van der Waals surface area contributed by atoms with Crippen LogP contribution in [0.3, 0.4) is 0 Å². The summed E-state index contributed by atoms with van der Waals surface area (Å²) in [6.07, 6.45) is -2.75. The van der Waals surface area contributed by atoms with Gasteiger partial charge < -0.3 is 15.1 Å². The molecule has 1 aromatic rings. The molecule has 0 amide bonds. The van der Waals surface area contributed by atoms with Crippen molar-refractivity contribution in [1.29, 1.82) is 0 Å². The van der Waals surface area contributed by atoms with E-state index in [1.165, 1.54) is 0 Å². The number of aliphatic hydroxyl groups excluding tert-OH is 2. The van der Waals surface area contributed by atoms with Crippen LogP contribution in [0, 0.1) is 0 Å². The van der Waals surface area contributed by atoms with Crippen molar-refractivity contribution in [3.05, 3.63) is 18.0 Å². The van der Waals surface area contributed by atoms with Crippen LogP contribution in [0.5, 0.6) is 0 Å². The maximum Gasteiger partial charge on any atom is 0.433 e. The first-order valence-electron chi connectivity index (χ1n) is 6.37. The van der Waals surface area contributed by atoms with Crippen molar-refractivity contribution in [2.24, 2.45) is 0 Å². The lowest BCUT2D eigenvalue weighted by molar-refractivity contribution is -0.141. The molecule has 1 fully saturated rings. The van der Waals surface area contributed by atoms with Gasteiger partial charge in [0.2, 0.25) is 5.95 Å². The summed E-state index contributed by atoms with van der Waals surface area (Å²) in [5.74, 6) is -0.00910. The van der Waals surface area contributed by atoms with Gasteiger partial charge in [-0.3, -0.25) is 0 Å². The Hall–Kier alpha value is -1.41. The molecule has 0 aliphatic carbocycles. The second kappa shape index (κ2) is 5.92. The SMILES string of the molecule is OCCC1CC(O)CCN1c1nccc(C(F)(F)F)n1. The average molecular weight is 291 g/mol. The molecule has 1 aliphatic rings. The molecular formula is C12H16F3N3O2. The van der Waals surface area contributed by atoms with Gasteiger partial charge in [-0.15, -0.1) is 0 Å². The Balaban J connectivity index is 2.24. The standard InChI is InChI=1S/C12H16F3N3O2/c13-12(14,15)10-1-4-16-11(17-10)18-5-2-9(20)7-8(18)3-6-19/h1,4,8-9,19-20H,2-3,5-7H2. The minimum Gasteiger partial charge on any atom is -0.396 e. The Kier molecular flexibility index (Phi) is 4.44. The van der Waals surface area contributed by atoms with E-state index < -0.39 is 18.0 Å². The first-order chi connectivity index (χ1) is 9.41. The van der Waals surface area contributed by atoms with E-state index in [0.29, 0.717) is 25.8 Å². The Labute approximate surface area is 114 Å². The summed E-state index contributed by atoms with van der Waals surface area (Å²) in [7, 11) is 0. The molecule has 1 saturated heterocycles. The highest BCUT2D eigenvalue weighted by molar-refractivity contribution is 5.33. The number of alkyl halides is 3. The molecule has 1 aromatic heterocycles. The lowest BCUT2D eigenvalue weighted by Gasteiger charge is -2.37. The summed E-state index contributed by atoms with van der Waals surface area (Å²) in [4.78, 5) is 9.06. The molecule has 0 aromatic carbocycles. The maximum absolute atomic E-state index is 12.7. The number of rotatable bonds is 3. The Bertz CT molecular complexity index is 456. The summed E-state index contributed by atoms with van der Waals surface area (Å²) >= 11 is 0. The highest BCUT2D eigenvalue weighted by atomic mass is 19.4. The molecule has 0 spiro atoms. The van der Waals surface area contributed by atoms with Gasteiger partial charge in [-0.05, 0) is 25.3 Å². The fourth-order valence-corrected chi connectivity index (χ4v) is 2.36. The molecular weight excluding hydrogens is 275 g/mol. The molecule has 1 aliphatic heterocycles. The zero-order chi connectivity index (χ0) is 14.8. The van der Waals surface area contributed by atoms with Crippen LogP contribution in [0.4, 0.5) is 19.1 Å². The van der Waals surface area contributed by atoms with E-state index in [0.717, 1.165) is 12.3 Å².